The predicted octanol–water partition coefficient (Wildman–Crippen LogP) is 4.16. The molecule has 0 aliphatic carbocycles. The SMILES string of the molecule is O=c1[nH]c(C2COc3ccccc3O2)nc2sc(-c3ccccc3)cc12. The van der Waals surface area contributed by atoms with Gasteiger partial charge in [0.05, 0.1) is 5.39 Å². The zero-order chi connectivity index (χ0) is 17.5. The lowest BCUT2D eigenvalue weighted by Crippen LogP contribution is -2.25. The molecule has 0 bridgehead atoms. The molecular weight excluding hydrogens is 348 g/mol. The number of rotatable bonds is 2. The number of benzene rings is 2. The van der Waals surface area contributed by atoms with Crippen molar-refractivity contribution in [2.45, 2.75) is 6.10 Å². The van der Waals surface area contributed by atoms with E-state index in [1.54, 1.807) is 0 Å². The minimum Gasteiger partial charge on any atom is -0.485 e. The average molecular weight is 362 g/mol. The van der Waals surface area contributed by atoms with Gasteiger partial charge in [-0.3, -0.25) is 4.79 Å². The van der Waals surface area contributed by atoms with E-state index < -0.39 is 6.10 Å². The van der Waals surface area contributed by atoms with Crippen molar-refractivity contribution in [2.24, 2.45) is 0 Å². The molecule has 0 saturated heterocycles. The van der Waals surface area contributed by atoms with Crippen LogP contribution in [0.2, 0.25) is 0 Å². The molecule has 1 aliphatic rings. The molecule has 1 aliphatic heterocycles. The van der Waals surface area contributed by atoms with Gasteiger partial charge in [0, 0.05) is 4.88 Å². The van der Waals surface area contributed by atoms with Gasteiger partial charge in [-0.15, -0.1) is 11.3 Å². The molecule has 1 N–H and O–H groups in total. The molecule has 2 aromatic carbocycles. The van der Waals surface area contributed by atoms with E-state index in [1.807, 2.05) is 60.7 Å². The molecule has 26 heavy (non-hydrogen) atoms. The molecule has 1 atom stereocenters. The molecule has 0 fully saturated rings. The summed E-state index contributed by atoms with van der Waals surface area (Å²) >= 11 is 1.50. The summed E-state index contributed by atoms with van der Waals surface area (Å²) in [5, 5.41) is 0.592. The molecule has 0 radical (unpaired) electrons. The van der Waals surface area contributed by atoms with Crippen LogP contribution in [0.25, 0.3) is 20.7 Å². The van der Waals surface area contributed by atoms with Gasteiger partial charge in [0.1, 0.15) is 11.4 Å². The van der Waals surface area contributed by atoms with Gasteiger partial charge in [-0.2, -0.15) is 0 Å². The number of aromatic nitrogens is 2. The Kier molecular flexibility index (Phi) is 3.50. The summed E-state index contributed by atoms with van der Waals surface area (Å²) in [6.45, 7) is 0.308. The molecular formula is C20H14N2O3S. The van der Waals surface area contributed by atoms with Crippen LogP contribution in [0.3, 0.4) is 0 Å². The second-order valence-electron chi connectivity index (χ2n) is 6.01. The van der Waals surface area contributed by atoms with E-state index in [1.165, 1.54) is 11.3 Å². The van der Waals surface area contributed by atoms with Gasteiger partial charge in [-0.1, -0.05) is 42.5 Å². The van der Waals surface area contributed by atoms with Crippen molar-refractivity contribution in [1.29, 1.82) is 0 Å². The third-order valence-corrected chi connectivity index (χ3v) is 5.37. The van der Waals surface area contributed by atoms with E-state index in [-0.39, 0.29) is 5.56 Å². The smallest absolute Gasteiger partial charge is 0.259 e. The van der Waals surface area contributed by atoms with E-state index in [0.717, 1.165) is 10.4 Å². The van der Waals surface area contributed by atoms with Crippen LogP contribution in [0.5, 0.6) is 11.5 Å². The van der Waals surface area contributed by atoms with Crippen LogP contribution < -0.4 is 15.0 Å². The van der Waals surface area contributed by atoms with Gasteiger partial charge < -0.3 is 14.5 Å². The Labute approximate surface area is 152 Å². The van der Waals surface area contributed by atoms with Gasteiger partial charge in [0.2, 0.25) is 0 Å². The Hall–Kier alpha value is -3.12. The van der Waals surface area contributed by atoms with E-state index in [9.17, 15) is 4.79 Å². The Morgan fingerprint density at radius 3 is 2.65 bits per heavy atom. The summed E-state index contributed by atoms with van der Waals surface area (Å²) in [6.07, 6.45) is -0.440. The number of hydrogen-bond acceptors (Lipinski definition) is 5. The lowest BCUT2D eigenvalue weighted by atomic mass is 10.2. The number of thiophene rings is 1. The lowest BCUT2D eigenvalue weighted by Gasteiger charge is -2.25. The Morgan fingerprint density at radius 1 is 1.04 bits per heavy atom. The maximum Gasteiger partial charge on any atom is 0.259 e. The molecule has 5 rings (SSSR count). The van der Waals surface area contributed by atoms with Gasteiger partial charge in [0.15, 0.2) is 23.4 Å². The number of para-hydroxylation sites is 2. The second kappa shape index (κ2) is 6.00. The molecule has 3 heterocycles. The number of aromatic amines is 1. The fourth-order valence-corrected chi connectivity index (χ4v) is 4.04. The predicted molar refractivity (Wildman–Crippen MR) is 101 cm³/mol. The van der Waals surface area contributed by atoms with Crippen LogP contribution in [0.15, 0.2) is 65.5 Å². The monoisotopic (exact) mass is 362 g/mol. The van der Waals surface area contributed by atoms with Crippen LogP contribution >= 0.6 is 11.3 Å². The van der Waals surface area contributed by atoms with E-state index in [0.29, 0.717) is 34.1 Å². The molecule has 0 amide bonds. The number of nitrogens with one attached hydrogen (secondary N) is 1. The van der Waals surface area contributed by atoms with Gasteiger partial charge in [-0.05, 0) is 23.8 Å². The first-order valence-corrected chi connectivity index (χ1v) is 9.07. The maximum atomic E-state index is 12.5. The highest BCUT2D eigenvalue weighted by molar-refractivity contribution is 7.21. The summed E-state index contributed by atoms with van der Waals surface area (Å²) in [4.78, 5) is 21.7. The highest BCUT2D eigenvalue weighted by atomic mass is 32.1. The first kappa shape index (κ1) is 15.2. The average Bonchev–Trinajstić information content (AvgIpc) is 3.13. The fraction of sp³-hybridized carbons (Fsp3) is 0.100. The zero-order valence-corrected chi connectivity index (χ0v) is 14.5. The summed E-state index contributed by atoms with van der Waals surface area (Å²) in [7, 11) is 0. The number of ether oxygens (including phenoxy) is 2. The van der Waals surface area contributed by atoms with E-state index in [2.05, 4.69) is 9.97 Å². The van der Waals surface area contributed by atoms with Gasteiger partial charge >= 0.3 is 0 Å². The van der Waals surface area contributed by atoms with Crippen molar-refractivity contribution in [2.75, 3.05) is 6.61 Å². The van der Waals surface area contributed by atoms with Crippen molar-refractivity contribution < 1.29 is 9.47 Å². The molecule has 5 nitrogen and oxygen atoms in total. The molecule has 2 aromatic heterocycles. The van der Waals surface area contributed by atoms with Crippen LogP contribution in [-0.2, 0) is 0 Å². The second-order valence-corrected chi connectivity index (χ2v) is 7.04. The van der Waals surface area contributed by atoms with Crippen molar-refractivity contribution in [1.82, 2.24) is 9.97 Å². The summed E-state index contributed by atoms with van der Waals surface area (Å²) in [5.41, 5.74) is 0.911. The van der Waals surface area contributed by atoms with Crippen molar-refractivity contribution in [3.05, 3.63) is 76.8 Å². The van der Waals surface area contributed by atoms with Gasteiger partial charge in [-0.25, -0.2) is 4.98 Å². The molecule has 4 aromatic rings. The Balaban J connectivity index is 1.55. The fourth-order valence-electron chi connectivity index (χ4n) is 3.00. The lowest BCUT2D eigenvalue weighted by molar-refractivity contribution is 0.0852. The highest BCUT2D eigenvalue weighted by Crippen LogP contribution is 2.36. The normalized spacial score (nSPS) is 15.9. The summed E-state index contributed by atoms with van der Waals surface area (Å²) in [6, 6.07) is 19.3. The zero-order valence-electron chi connectivity index (χ0n) is 13.6. The van der Waals surface area contributed by atoms with E-state index in [4.69, 9.17) is 9.47 Å². The van der Waals surface area contributed by atoms with E-state index >= 15 is 0 Å². The third kappa shape index (κ3) is 2.55. The van der Waals surface area contributed by atoms with Crippen LogP contribution in [0, 0.1) is 0 Å². The van der Waals surface area contributed by atoms with Gasteiger partial charge in [0.25, 0.3) is 5.56 Å². The number of fused-ring (bicyclic) bond motifs is 2. The minimum absolute atomic E-state index is 0.161. The molecule has 6 heteroatoms. The topological polar surface area (TPSA) is 64.2 Å². The Bertz CT molecular complexity index is 1150. The molecule has 0 spiro atoms. The molecule has 0 saturated carbocycles. The summed E-state index contributed by atoms with van der Waals surface area (Å²) < 4.78 is 11.7. The first-order chi connectivity index (χ1) is 12.8. The number of nitrogens with zero attached hydrogens (tertiary/aromatic N) is 1. The van der Waals surface area contributed by atoms with Crippen LogP contribution in [-0.4, -0.2) is 16.6 Å². The third-order valence-electron chi connectivity index (χ3n) is 4.29. The van der Waals surface area contributed by atoms with Crippen LogP contribution in [0.1, 0.15) is 11.9 Å². The quantitative estimate of drug-likeness (QED) is 0.581. The summed E-state index contributed by atoms with van der Waals surface area (Å²) in [5.74, 6) is 1.84. The standard InChI is InChI=1S/C20H14N2O3S/c23-19-13-10-17(12-6-2-1-3-7-12)26-20(13)22-18(21-19)16-11-24-14-8-4-5-9-15(14)25-16/h1-10,16H,11H2,(H,21,22,23). The first-order valence-electron chi connectivity index (χ1n) is 8.25. The largest absolute Gasteiger partial charge is 0.485 e. The molecule has 1 unspecified atom stereocenters. The minimum atomic E-state index is -0.440. The van der Waals surface area contributed by atoms with Crippen LogP contribution in [0.4, 0.5) is 0 Å². The number of H-pyrrole nitrogens is 1. The maximum absolute atomic E-state index is 12.5. The van der Waals surface area contributed by atoms with Crippen molar-refractivity contribution >= 4 is 21.6 Å². The number of hydrogen-bond donors (Lipinski definition) is 1. The highest BCUT2D eigenvalue weighted by Gasteiger charge is 2.25. The van der Waals surface area contributed by atoms with Crippen molar-refractivity contribution in [3.63, 3.8) is 0 Å². The van der Waals surface area contributed by atoms with Crippen molar-refractivity contribution in [3.8, 4) is 21.9 Å². The Morgan fingerprint density at radius 2 is 1.81 bits per heavy atom. The molecule has 128 valence electrons.